The molecule has 1 aromatic carbocycles. The smallest absolute Gasteiger partial charge is 0.250 e. The van der Waals surface area contributed by atoms with Crippen LogP contribution in [0.4, 0.5) is 5.69 Å². The number of para-hydroxylation sites is 1. The molecular weight excluding hydrogens is 252 g/mol. The van der Waals surface area contributed by atoms with E-state index in [1.54, 1.807) is 6.07 Å². The van der Waals surface area contributed by atoms with E-state index >= 15 is 0 Å². The Balaban J connectivity index is 2.00. The number of aromatic nitrogens is 1. The van der Waals surface area contributed by atoms with E-state index in [4.69, 9.17) is 5.73 Å². The molecule has 0 bridgehead atoms. The van der Waals surface area contributed by atoms with E-state index in [-0.39, 0.29) is 11.9 Å². The van der Waals surface area contributed by atoms with Gasteiger partial charge in [0.25, 0.3) is 5.91 Å². The van der Waals surface area contributed by atoms with Gasteiger partial charge in [-0.05, 0) is 24.3 Å². The second-order valence-corrected chi connectivity index (χ2v) is 4.92. The van der Waals surface area contributed by atoms with E-state index in [1.165, 1.54) is 0 Å². The van der Waals surface area contributed by atoms with E-state index in [0.29, 0.717) is 5.56 Å². The molecule has 1 unspecified atom stereocenters. The summed E-state index contributed by atoms with van der Waals surface area (Å²) in [7, 11) is 0. The fraction of sp³-hybridized carbons (Fsp3) is 0.267. The largest absolute Gasteiger partial charge is 0.366 e. The first-order chi connectivity index (χ1) is 9.77. The monoisotopic (exact) mass is 270 g/mol. The van der Waals surface area contributed by atoms with Crippen LogP contribution in [0, 0.1) is 0 Å². The highest BCUT2D eigenvalue weighted by Crippen LogP contribution is 2.30. The first kappa shape index (κ1) is 12.7. The van der Waals surface area contributed by atoms with Gasteiger partial charge < -0.3 is 20.9 Å². The van der Waals surface area contributed by atoms with Crippen LogP contribution < -0.4 is 16.0 Å². The lowest BCUT2D eigenvalue weighted by atomic mass is 10.1. The molecule has 1 aliphatic heterocycles. The van der Waals surface area contributed by atoms with E-state index in [0.717, 1.165) is 31.0 Å². The third-order valence-electron chi connectivity index (χ3n) is 3.70. The maximum atomic E-state index is 11.6. The summed E-state index contributed by atoms with van der Waals surface area (Å²) in [6.45, 7) is 2.58. The Labute approximate surface area is 117 Å². The second kappa shape index (κ2) is 5.38. The number of H-pyrrole nitrogens is 1. The number of aromatic amines is 1. The van der Waals surface area contributed by atoms with Gasteiger partial charge in [-0.3, -0.25) is 4.79 Å². The Bertz CT molecular complexity index is 594. The van der Waals surface area contributed by atoms with Crippen molar-refractivity contribution in [2.24, 2.45) is 5.73 Å². The molecular formula is C15H18N4O. The number of nitrogens with one attached hydrogen (secondary N) is 2. The molecule has 1 amide bonds. The maximum absolute atomic E-state index is 11.6. The lowest BCUT2D eigenvalue weighted by Crippen LogP contribution is -2.46. The van der Waals surface area contributed by atoms with Gasteiger partial charge in [0.05, 0.1) is 17.3 Å². The Morgan fingerprint density at radius 2 is 2.10 bits per heavy atom. The number of nitrogens with two attached hydrogens (primary N) is 1. The van der Waals surface area contributed by atoms with Crippen molar-refractivity contribution in [3.63, 3.8) is 0 Å². The third kappa shape index (κ3) is 2.28. The third-order valence-corrected chi connectivity index (χ3v) is 3.70. The van der Waals surface area contributed by atoms with Gasteiger partial charge in [-0.2, -0.15) is 0 Å². The Hall–Kier alpha value is -2.27. The van der Waals surface area contributed by atoms with E-state index in [9.17, 15) is 4.79 Å². The number of anilines is 1. The predicted molar refractivity (Wildman–Crippen MR) is 78.7 cm³/mol. The van der Waals surface area contributed by atoms with Gasteiger partial charge >= 0.3 is 0 Å². The average Bonchev–Trinajstić information content (AvgIpc) is 3.01. The van der Waals surface area contributed by atoms with Crippen molar-refractivity contribution < 1.29 is 4.79 Å². The molecule has 0 aliphatic carbocycles. The van der Waals surface area contributed by atoms with E-state index in [1.807, 2.05) is 30.5 Å². The standard InChI is InChI=1S/C15H18N4O/c16-15(20)11-4-1-2-6-13(11)19-9-8-17-10-14(19)12-5-3-7-18-12/h1-7,14,17-18H,8-10H2,(H2,16,20). The molecule has 4 N–H and O–H groups in total. The highest BCUT2D eigenvalue weighted by Gasteiger charge is 2.26. The fourth-order valence-electron chi connectivity index (χ4n) is 2.75. The Morgan fingerprint density at radius 3 is 2.85 bits per heavy atom. The molecule has 1 fully saturated rings. The molecule has 104 valence electrons. The lowest BCUT2D eigenvalue weighted by Gasteiger charge is -2.38. The summed E-state index contributed by atoms with van der Waals surface area (Å²) in [6.07, 6.45) is 1.92. The lowest BCUT2D eigenvalue weighted by molar-refractivity contribution is 0.100. The van der Waals surface area contributed by atoms with Gasteiger partial charge in [0.1, 0.15) is 0 Å². The zero-order chi connectivity index (χ0) is 13.9. The van der Waals surface area contributed by atoms with Gasteiger partial charge in [0.15, 0.2) is 0 Å². The molecule has 1 atom stereocenters. The molecule has 1 saturated heterocycles. The molecule has 0 radical (unpaired) electrons. The molecule has 5 nitrogen and oxygen atoms in total. The second-order valence-electron chi connectivity index (χ2n) is 4.92. The highest BCUT2D eigenvalue weighted by molar-refractivity contribution is 5.98. The SMILES string of the molecule is NC(=O)c1ccccc1N1CCNCC1c1ccc[nH]1. The summed E-state index contributed by atoms with van der Waals surface area (Å²) in [5.74, 6) is -0.385. The Kier molecular flexibility index (Phi) is 3.43. The number of carbonyl (C=O) groups is 1. The summed E-state index contributed by atoms with van der Waals surface area (Å²) >= 11 is 0. The number of hydrogen-bond acceptors (Lipinski definition) is 3. The number of benzene rings is 1. The number of rotatable bonds is 3. The van der Waals surface area contributed by atoms with Crippen molar-refractivity contribution in [2.45, 2.75) is 6.04 Å². The molecule has 1 aromatic heterocycles. The van der Waals surface area contributed by atoms with Crippen LogP contribution in [0.2, 0.25) is 0 Å². The normalized spacial score (nSPS) is 19.0. The summed E-state index contributed by atoms with van der Waals surface area (Å²) in [4.78, 5) is 17.1. The van der Waals surface area contributed by atoms with Crippen molar-refractivity contribution in [1.29, 1.82) is 0 Å². The van der Waals surface area contributed by atoms with Crippen molar-refractivity contribution in [3.8, 4) is 0 Å². The van der Waals surface area contributed by atoms with Crippen molar-refractivity contribution in [3.05, 3.63) is 53.9 Å². The van der Waals surface area contributed by atoms with Crippen LogP contribution in [-0.2, 0) is 0 Å². The summed E-state index contributed by atoms with van der Waals surface area (Å²) < 4.78 is 0. The van der Waals surface area contributed by atoms with E-state index < -0.39 is 0 Å². The fourth-order valence-corrected chi connectivity index (χ4v) is 2.75. The van der Waals surface area contributed by atoms with Crippen LogP contribution in [0.1, 0.15) is 22.1 Å². The van der Waals surface area contributed by atoms with Crippen LogP contribution in [0.25, 0.3) is 0 Å². The molecule has 2 aromatic rings. The number of piperazine rings is 1. The average molecular weight is 270 g/mol. The van der Waals surface area contributed by atoms with Crippen LogP contribution >= 0.6 is 0 Å². The minimum Gasteiger partial charge on any atom is -0.366 e. The zero-order valence-electron chi connectivity index (χ0n) is 11.2. The molecule has 0 spiro atoms. The van der Waals surface area contributed by atoms with Crippen molar-refractivity contribution in [1.82, 2.24) is 10.3 Å². The van der Waals surface area contributed by atoms with Crippen LogP contribution in [0.5, 0.6) is 0 Å². The van der Waals surface area contributed by atoms with Crippen LogP contribution in [-0.4, -0.2) is 30.5 Å². The highest BCUT2D eigenvalue weighted by atomic mass is 16.1. The minimum atomic E-state index is -0.385. The van der Waals surface area contributed by atoms with Gasteiger partial charge in [0.2, 0.25) is 0 Å². The number of nitrogens with zero attached hydrogens (tertiary/aromatic N) is 1. The molecule has 5 heteroatoms. The number of primary amides is 1. The molecule has 0 saturated carbocycles. The molecule has 2 heterocycles. The summed E-state index contributed by atoms with van der Waals surface area (Å²) in [5, 5.41) is 3.39. The minimum absolute atomic E-state index is 0.180. The predicted octanol–water partition coefficient (Wildman–Crippen LogP) is 1.26. The topological polar surface area (TPSA) is 74.2 Å². The summed E-state index contributed by atoms with van der Waals surface area (Å²) in [5.41, 5.74) is 8.11. The quantitative estimate of drug-likeness (QED) is 0.786. The van der Waals surface area contributed by atoms with Gasteiger partial charge in [-0.25, -0.2) is 0 Å². The van der Waals surface area contributed by atoms with Crippen molar-refractivity contribution in [2.75, 3.05) is 24.5 Å². The summed E-state index contributed by atoms with van der Waals surface area (Å²) in [6, 6.07) is 11.8. The first-order valence-electron chi connectivity index (χ1n) is 6.77. The van der Waals surface area contributed by atoms with Crippen LogP contribution in [0.3, 0.4) is 0 Å². The zero-order valence-corrected chi connectivity index (χ0v) is 11.2. The molecule has 1 aliphatic rings. The first-order valence-corrected chi connectivity index (χ1v) is 6.77. The number of hydrogen-bond donors (Lipinski definition) is 3. The maximum Gasteiger partial charge on any atom is 0.250 e. The van der Waals surface area contributed by atoms with Gasteiger partial charge in [0, 0.05) is 31.5 Å². The van der Waals surface area contributed by atoms with Crippen LogP contribution in [0.15, 0.2) is 42.6 Å². The number of amides is 1. The van der Waals surface area contributed by atoms with Crippen molar-refractivity contribution >= 4 is 11.6 Å². The van der Waals surface area contributed by atoms with Gasteiger partial charge in [-0.15, -0.1) is 0 Å². The molecule has 20 heavy (non-hydrogen) atoms. The van der Waals surface area contributed by atoms with E-state index in [2.05, 4.69) is 21.3 Å². The molecule has 3 rings (SSSR count). The number of carbonyl (C=O) groups excluding carboxylic acids is 1. The Morgan fingerprint density at radius 1 is 1.25 bits per heavy atom. The van der Waals surface area contributed by atoms with Gasteiger partial charge in [-0.1, -0.05) is 12.1 Å².